The number of nitrogens with zero attached hydrogens (tertiary/aromatic N) is 1. The summed E-state index contributed by atoms with van der Waals surface area (Å²) in [5.74, 6) is -0.154. The number of carbonyl (C=O) groups is 1. The Bertz CT molecular complexity index is 655. The van der Waals surface area contributed by atoms with Gasteiger partial charge in [0.2, 0.25) is 5.91 Å². The molecule has 0 aromatic heterocycles. The number of sulfonamides is 1. The van der Waals surface area contributed by atoms with Crippen molar-refractivity contribution in [2.45, 2.75) is 18.9 Å². The van der Waals surface area contributed by atoms with Crippen molar-refractivity contribution in [3.8, 4) is 0 Å². The molecule has 1 fully saturated rings. The number of alkyl halides is 3. The molecule has 1 N–H and O–H groups in total. The number of halogens is 3. The maximum absolute atomic E-state index is 12.3. The van der Waals surface area contributed by atoms with Crippen LogP contribution in [0.25, 0.3) is 0 Å². The summed E-state index contributed by atoms with van der Waals surface area (Å²) in [6, 6.07) is 4.22. The molecule has 1 heterocycles. The molecule has 0 radical (unpaired) electrons. The largest absolute Gasteiger partial charge is 0.516 e. The second-order valence-corrected chi connectivity index (χ2v) is 6.02. The maximum Gasteiger partial charge on any atom is 0.516 e. The number of benzene rings is 1. The number of nitrogens with one attached hydrogen (secondary N) is 1. The summed E-state index contributed by atoms with van der Waals surface area (Å²) in [6.45, 7) is 1.93. The Kier molecular flexibility index (Phi) is 3.41. The van der Waals surface area contributed by atoms with Gasteiger partial charge < -0.3 is 4.90 Å². The van der Waals surface area contributed by atoms with E-state index in [0.717, 1.165) is 0 Å². The average molecular weight is 308 g/mol. The van der Waals surface area contributed by atoms with E-state index >= 15 is 0 Å². The Morgan fingerprint density at radius 1 is 1.30 bits per heavy atom. The molecular formula is C11H11F3N2O3S. The monoisotopic (exact) mass is 308 g/mol. The van der Waals surface area contributed by atoms with Gasteiger partial charge in [-0.15, -0.1) is 0 Å². The molecule has 0 bridgehead atoms. The second-order valence-electron chi connectivity index (χ2n) is 4.35. The zero-order valence-electron chi connectivity index (χ0n) is 10.4. The number of hydrogen-bond acceptors (Lipinski definition) is 3. The summed E-state index contributed by atoms with van der Waals surface area (Å²) in [5.41, 5.74) is -4.89. The smallest absolute Gasteiger partial charge is 0.312 e. The van der Waals surface area contributed by atoms with Gasteiger partial charge in [0.25, 0.3) is 0 Å². The summed E-state index contributed by atoms with van der Waals surface area (Å²) in [6.07, 6.45) is 0.373. The van der Waals surface area contributed by atoms with Gasteiger partial charge in [-0.1, -0.05) is 6.07 Å². The van der Waals surface area contributed by atoms with Crippen LogP contribution in [-0.2, 0) is 14.8 Å². The van der Waals surface area contributed by atoms with Crippen molar-refractivity contribution in [1.29, 1.82) is 0 Å². The van der Waals surface area contributed by atoms with E-state index in [1.54, 1.807) is 6.07 Å². The first-order chi connectivity index (χ1) is 9.12. The molecule has 1 aliphatic heterocycles. The van der Waals surface area contributed by atoms with Gasteiger partial charge in [-0.3, -0.25) is 9.52 Å². The van der Waals surface area contributed by atoms with Crippen molar-refractivity contribution >= 4 is 27.3 Å². The molecule has 1 aliphatic rings. The molecule has 1 amide bonds. The van der Waals surface area contributed by atoms with Gasteiger partial charge in [0.1, 0.15) is 0 Å². The van der Waals surface area contributed by atoms with Crippen LogP contribution in [0.1, 0.15) is 12.0 Å². The molecule has 9 heteroatoms. The zero-order valence-corrected chi connectivity index (χ0v) is 11.2. The van der Waals surface area contributed by atoms with Gasteiger partial charge in [-0.25, -0.2) is 0 Å². The number of hydrogen-bond donors (Lipinski definition) is 1. The molecule has 20 heavy (non-hydrogen) atoms. The molecule has 110 valence electrons. The van der Waals surface area contributed by atoms with Gasteiger partial charge in [0.05, 0.1) is 5.69 Å². The predicted octanol–water partition coefficient (Wildman–Crippen LogP) is 1.99. The number of β-lactam (4-membered cyclic amide) rings is 1. The lowest BCUT2D eigenvalue weighted by molar-refractivity contribution is -0.122. The Balaban J connectivity index is 2.33. The summed E-state index contributed by atoms with van der Waals surface area (Å²) in [5, 5.41) is 0. The lowest BCUT2D eigenvalue weighted by atomic mass is 10.1. The van der Waals surface area contributed by atoms with E-state index in [9.17, 15) is 26.4 Å². The van der Waals surface area contributed by atoms with Crippen LogP contribution in [0.5, 0.6) is 0 Å². The highest BCUT2D eigenvalue weighted by atomic mass is 32.2. The molecule has 0 saturated carbocycles. The Morgan fingerprint density at radius 3 is 2.40 bits per heavy atom. The second kappa shape index (κ2) is 4.65. The molecular weight excluding hydrogens is 297 g/mol. The first-order valence-electron chi connectivity index (χ1n) is 5.62. The van der Waals surface area contributed by atoms with Crippen LogP contribution in [0.3, 0.4) is 0 Å². The van der Waals surface area contributed by atoms with Gasteiger partial charge >= 0.3 is 15.5 Å². The first kappa shape index (κ1) is 14.6. The van der Waals surface area contributed by atoms with E-state index < -0.39 is 15.5 Å². The maximum atomic E-state index is 12.3. The van der Waals surface area contributed by atoms with Crippen molar-refractivity contribution in [3.63, 3.8) is 0 Å². The molecule has 1 saturated heterocycles. The van der Waals surface area contributed by atoms with Gasteiger partial charge in [-0.05, 0) is 24.6 Å². The van der Waals surface area contributed by atoms with Crippen LogP contribution in [0.4, 0.5) is 24.5 Å². The lowest BCUT2D eigenvalue weighted by Gasteiger charge is -2.31. The van der Waals surface area contributed by atoms with Gasteiger partial charge in [0, 0.05) is 18.7 Å². The number of carbonyl (C=O) groups excluding carboxylic acids is 1. The zero-order chi connectivity index (χ0) is 15.1. The Hall–Kier alpha value is -1.77. The van der Waals surface area contributed by atoms with Crippen molar-refractivity contribution < 1.29 is 26.4 Å². The van der Waals surface area contributed by atoms with Crippen LogP contribution in [0, 0.1) is 6.92 Å². The van der Waals surface area contributed by atoms with Crippen molar-refractivity contribution in [2.24, 2.45) is 0 Å². The lowest BCUT2D eigenvalue weighted by Crippen LogP contribution is -2.43. The first-order valence-corrected chi connectivity index (χ1v) is 7.10. The highest BCUT2D eigenvalue weighted by Crippen LogP contribution is 2.31. The highest BCUT2D eigenvalue weighted by Gasteiger charge is 2.46. The summed E-state index contributed by atoms with van der Waals surface area (Å²) in [4.78, 5) is 12.6. The SMILES string of the molecule is Cc1ccc(N2CCC2=O)cc1NS(=O)(=O)C(F)(F)F. The summed E-state index contributed by atoms with van der Waals surface area (Å²) < 4.78 is 60.7. The van der Waals surface area contributed by atoms with Crippen molar-refractivity contribution in [1.82, 2.24) is 0 Å². The molecule has 5 nitrogen and oxygen atoms in total. The van der Waals surface area contributed by atoms with Crippen LogP contribution in [-0.4, -0.2) is 26.4 Å². The minimum Gasteiger partial charge on any atom is -0.312 e. The Morgan fingerprint density at radius 2 is 1.95 bits per heavy atom. The molecule has 0 aliphatic carbocycles. The fourth-order valence-corrected chi connectivity index (χ4v) is 2.30. The fraction of sp³-hybridized carbons (Fsp3) is 0.364. The molecule has 1 aromatic rings. The highest BCUT2D eigenvalue weighted by molar-refractivity contribution is 7.93. The fourth-order valence-electron chi connectivity index (χ4n) is 1.68. The summed E-state index contributed by atoms with van der Waals surface area (Å²) >= 11 is 0. The average Bonchev–Trinajstić information content (AvgIpc) is 2.29. The molecule has 0 unspecified atom stereocenters. The molecule has 2 rings (SSSR count). The van der Waals surface area contributed by atoms with E-state index in [1.165, 1.54) is 28.7 Å². The third kappa shape index (κ3) is 2.58. The predicted molar refractivity (Wildman–Crippen MR) is 66.7 cm³/mol. The van der Waals surface area contributed by atoms with E-state index in [-0.39, 0.29) is 11.6 Å². The molecule has 0 spiro atoms. The van der Waals surface area contributed by atoms with E-state index in [0.29, 0.717) is 24.2 Å². The minimum absolute atomic E-state index is 0.154. The van der Waals surface area contributed by atoms with Crippen molar-refractivity contribution in [2.75, 3.05) is 16.2 Å². The third-order valence-electron chi connectivity index (χ3n) is 2.93. The normalized spacial score (nSPS) is 16.0. The minimum atomic E-state index is -5.47. The quantitative estimate of drug-likeness (QED) is 0.868. The third-order valence-corrected chi connectivity index (χ3v) is 4.03. The Labute approximate surface area is 113 Å². The van der Waals surface area contributed by atoms with Gasteiger partial charge in [0.15, 0.2) is 0 Å². The van der Waals surface area contributed by atoms with Crippen molar-refractivity contribution in [3.05, 3.63) is 23.8 Å². The molecule has 0 atom stereocenters. The number of rotatable bonds is 3. The van der Waals surface area contributed by atoms with E-state index in [1.807, 2.05) is 0 Å². The topological polar surface area (TPSA) is 66.5 Å². The van der Waals surface area contributed by atoms with E-state index in [2.05, 4.69) is 0 Å². The summed E-state index contributed by atoms with van der Waals surface area (Å²) in [7, 11) is -5.47. The number of amides is 1. The van der Waals surface area contributed by atoms with Crippen LogP contribution < -0.4 is 9.62 Å². The number of aryl methyl sites for hydroxylation is 1. The number of anilines is 2. The van der Waals surface area contributed by atoms with E-state index in [4.69, 9.17) is 0 Å². The standard InChI is InChI=1S/C11H11F3N2O3S/c1-7-2-3-8(16-5-4-10(16)17)6-9(7)15-20(18,19)11(12,13)14/h2-3,6,15H,4-5H2,1H3. The molecule has 1 aromatic carbocycles. The van der Waals surface area contributed by atoms with Crippen LogP contribution >= 0.6 is 0 Å². The van der Waals surface area contributed by atoms with Crippen LogP contribution in [0.2, 0.25) is 0 Å². The van der Waals surface area contributed by atoms with Crippen LogP contribution in [0.15, 0.2) is 18.2 Å². The van der Waals surface area contributed by atoms with Gasteiger partial charge in [-0.2, -0.15) is 21.6 Å².